The highest BCUT2D eigenvalue weighted by Gasteiger charge is 2.17. The maximum atomic E-state index is 11.2. The van der Waals surface area contributed by atoms with Gasteiger partial charge in [-0.3, -0.25) is 4.79 Å². The second kappa shape index (κ2) is 12.0. The summed E-state index contributed by atoms with van der Waals surface area (Å²) in [7, 11) is 0. The van der Waals surface area contributed by atoms with Gasteiger partial charge >= 0.3 is 0 Å². The van der Waals surface area contributed by atoms with Crippen molar-refractivity contribution in [1.82, 2.24) is 10.2 Å². The van der Waals surface area contributed by atoms with Crippen LogP contribution in [0.15, 0.2) is 0 Å². The molecule has 0 spiro atoms. The van der Waals surface area contributed by atoms with Crippen molar-refractivity contribution >= 4 is 30.7 Å². The molecule has 0 radical (unpaired) electrons. The number of hydrogen-bond donors (Lipinski definition) is 2. The van der Waals surface area contributed by atoms with Crippen molar-refractivity contribution in [3.63, 3.8) is 0 Å². The van der Waals surface area contributed by atoms with Crippen LogP contribution in [0.3, 0.4) is 0 Å². The summed E-state index contributed by atoms with van der Waals surface area (Å²) >= 11 is 0. The van der Waals surface area contributed by atoms with E-state index in [9.17, 15) is 4.79 Å². The fourth-order valence-corrected chi connectivity index (χ4v) is 2.23. The first kappa shape index (κ1) is 20.3. The Labute approximate surface area is 123 Å². The lowest BCUT2D eigenvalue weighted by molar-refractivity contribution is -0.120. The molecule has 1 heterocycles. The molecule has 18 heavy (non-hydrogen) atoms. The summed E-state index contributed by atoms with van der Waals surface area (Å²) in [6, 6.07) is 0. The Morgan fingerprint density at radius 3 is 2.44 bits per heavy atom. The zero-order valence-corrected chi connectivity index (χ0v) is 12.8. The molecule has 1 aliphatic heterocycles. The molecule has 3 N–H and O–H groups in total. The summed E-state index contributed by atoms with van der Waals surface area (Å²) in [6.07, 6.45) is 4.13. The number of nitrogens with zero attached hydrogens (tertiary/aromatic N) is 1. The molecule has 0 unspecified atom stereocenters. The van der Waals surface area contributed by atoms with E-state index in [0.29, 0.717) is 13.0 Å². The first-order valence-electron chi connectivity index (χ1n) is 6.45. The number of carbonyl (C=O) groups excluding carboxylic acids is 1. The van der Waals surface area contributed by atoms with Gasteiger partial charge in [-0.25, -0.2) is 0 Å². The van der Waals surface area contributed by atoms with E-state index < -0.39 is 0 Å². The normalized spacial score (nSPS) is 16.6. The largest absolute Gasteiger partial charge is 0.356 e. The number of hydrogen-bond acceptors (Lipinski definition) is 3. The van der Waals surface area contributed by atoms with Crippen molar-refractivity contribution < 1.29 is 4.79 Å². The van der Waals surface area contributed by atoms with Gasteiger partial charge in [0.15, 0.2) is 0 Å². The van der Waals surface area contributed by atoms with Gasteiger partial charge in [-0.15, -0.1) is 24.8 Å². The zero-order chi connectivity index (χ0) is 11.8. The summed E-state index contributed by atoms with van der Waals surface area (Å²) in [5.74, 6) is 0.884. The van der Waals surface area contributed by atoms with Crippen molar-refractivity contribution in [2.45, 2.75) is 32.6 Å². The molecular weight excluding hydrogens is 273 g/mol. The number of nitrogens with one attached hydrogen (secondary N) is 1. The predicted octanol–water partition coefficient (Wildman–Crippen LogP) is 1.42. The Kier molecular flexibility index (Phi) is 13.6. The van der Waals surface area contributed by atoms with E-state index in [1.807, 2.05) is 0 Å². The minimum atomic E-state index is 0. The van der Waals surface area contributed by atoms with Crippen LogP contribution in [0.25, 0.3) is 0 Å². The third kappa shape index (κ3) is 8.14. The average Bonchev–Trinajstić information content (AvgIpc) is 2.30. The van der Waals surface area contributed by atoms with E-state index in [2.05, 4.69) is 17.1 Å². The number of amides is 1. The third-order valence-electron chi connectivity index (χ3n) is 3.40. The smallest absolute Gasteiger partial charge is 0.221 e. The Morgan fingerprint density at radius 1 is 1.33 bits per heavy atom. The highest BCUT2D eigenvalue weighted by Crippen LogP contribution is 2.19. The van der Waals surface area contributed by atoms with Crippen LogP contribution in [0.2, 0.25) is 0 Å². The number of halogens is 2. The van der Waals surface area contributed by atoms with E-state index in [1.165, 1.54) is 32.5 Å². The highest BCUT2D eigenvalue weighted by atomic mass is 35.5. The maximum absolute atomic E-state index is 11.2. The van der Waals surface area contributed by atoms with Gasteiger partial charge in [0.05, 0.1) is 0 Å². The van der Waals surface area contributed by atoms with Gasteiger partial charge < -0.3 is 16.0 Å². The van der Waals surface area contributed by atoms with Crippen molar-refractivity contribution in [3.05, 3.63) is 0 Å². The topological polar surface area (TPSA) is 58.4 Å². The molecule has 1 fully saturated rings. The summed E-state index contributed by atoms with van der Waals surface area (Å²) < 4.78 is 0. The molecule has 1 rings (SSSR count). The van der Waals surface area contributed by atoms with Crippen LogP contribution in [0.4, 0.5) is 0 Å². The quantitative estimate of drug-likeness (QED) is 0.780. The SMILES string of the molecule is CCN1CCC(CCNC(=O)CCN)CC1.Cl.Cl. The number of rotatable bonds is 6. The van der Waals surface area contributed by atoms with Gasteiger partial charge in [0.2, 0.25) is 5.91 Å². The van der Waals surface area contributed by atoms with Gasteiger partial charge in [0.1, 0.15) is 0 Å². The van der Waals surface area contributed by atoms with Crippen molar-refractivity contribution in [2.75, 3.05) is 32.7 Å². The molecule has 0 aromatic carbocycles. The van der Waals surface area contributed by atoms with E-state index >= 15 is 0 Å². The van der Waals surface area contributed by atoms with Crippen molar-refractivity contribution in [2.24, 2.45) is 11.7 Å². The van der Waals surface area contributed by atoms with E-state index in [1.54, 1.807) is 0 Å². The number of likely N-dealkylation sites (tertiary alicyclic amines) is 1. The summed E-state index contributed by atoms with van der Waals surface area (Å²) in [6.45, 7) is 7.08. The Balaban J connectivity index is 0. The fraction of sp³-hybridized carbons (Fsp3) is 0.917. The van der Waals surface area contributed by atoms with Gasteiger partial charge in [-0.1, -0.05) is 6.92 Å². The van der Waals surface area contributed by atoms with E-state index in [0.717, 1.165) is 18.9 Å². The Morgan fingerprint density at radius 2 is 1.94 bits per heavy atom. The molecule has 1 saturated heterocycles. The van der Waals surface area contributed by atoms with E-state index in [4.69, 9.17) is 5.73 Å². The monoisotopic (exact) mass is 299 g/mol. The molecule has 110 valence electrons. The molecule has 6 heteroatoms. The molecule has 1 amide bonds. The number of nitrogens with two attached hydrogens (primary N) is 1. The molecule has 0 saturated carbocycles. The molecule has 0 aromatic heterocycles. The first-order valence-corrected chi connectivity index (χ1v) is 6.45. The molecule has 0 aliphatic carbocycles. The second-order valence-corrected chi connectivity index (χ2v) is 4.55. The highest BCUT2D eigenvalue weighted by molar-refractivity contribution is 5.85. The summed E-state index contributed by atoms with van der Waals surface area (Å²) in [5, 5.41) is 2.92. The Hall–Kier alpha value is -0.0300. The minimum absolute atomic E-state index is 0. The van der Waals surface area contributed by atoms with Crippen LogP contribution >= 0.6 is 24.8 Å². The number of piperidine rings is 1. The van der Waals surface area contributed by atoms with Crippen LogP contribution in [-0.4, -0.2) is 43.5 Å². The zero-order valence-electron chi connectivity index (χ0n) is 11.2. The number of carbonyl (C=O) groups is 1. The lowest BCUT2D eigenvalue weighted by atomic mass is 9.93. The van der Waals surface area contributed by atoms with E-state index in [-0.39, 0.29) is 30.7 Å². The summed E-state index contributed by atoms with van der Waals surface area (Å²) in [5.41, 5.74) is 5.31. The van der Waals surface area contributed by atoms with Crippen molar-refractivity contribution in [1.29, 1.82) is 0 Å². The minimum Gasteiger partial charge on any atom is -0.356 e. The van der Waals surface area contributed by atoms with Gasteiger partial charge in [0.25, 0.3) is 0 Å². The van der Waals surface area contributed by atoms with Gasteiger partial charge in [0, 0.05) is 19.5 Å². The standard InChI is InChI=1S/C12H25N3O.2ClH/c1-2-15-9-5-11(6-10-15)4-8-14-12(16)3-7-13;;/h11H,2-10,13H2,1H3,(H,14,16);2*1H. The van der Waals surface area contributed by atoms with Crippen LogP contribution < -0.4 is 11.1 Å². The van der Waals surface area contributed by atoms with Crippen molar-refractivity contribution in [3.8, 4) is 0 Å². The molecular formula is C12H27Cl2N3O. The van der Waals surface area contributed by atoms with Gasteiger partial charge in [-0.2, -0.15) is 0 Å². The second-order valence-electron chi connectivity index (χ2n) is 4.55. The molecule has 0 aromatic rings. The molecule has 1 aliphatic rings. The molecule has 0 bridgehead atoms. The van der Waals surface area contributed by atoms with Crippen LogP contribution in [-0.2, 0) is 4.79 Å². The first-order chi connectivity index (χ1) is 7.76. The van der Waals surface area contributed by atoms with Crippen LogP contribution in [0.1, 0.15) is 32.6 Å². The average molecular weight is 300 g/mol. The fourth-order valence-electron chi connectivity index (χ4n) is 2.23. The third-order valence-corrected chi connectivity index (χ3v) is 3.40. The maximum Gasteiger partial charge on any atom is 0.221 e. The summed E-state index contributed by atoms with van der Waals surface area (Å²) in [4.78, 5) is 13.7. The van der Waals surface area contributed by atoms with Gasteiger partial charge in [-0.05, 0) is 44.8 Å². The van der Waals surface area contributed by atoms with Crippen LogP contribution in [0.5, 0.6) is 0 Å². The lowest BCUT2D eigenvalue weighted by Gasteiger charge is -2.31. The lowest BCUT2D eigenvalue weighted by Crippen LogP contribution is -2.35. The van der Waals surface area contributed by atoms with Crippen LogP contribution in [0, 0.1) is 5.92 Å². The molecule has 0 atom stereocenters. The predicted molar refractivity (Wildman–Crippen MR) is 80.6 cm³/mol. The molecule has 4 nitrogen and oxygen atoms in total. The Bertz CT molecular complexity index is 209.